The average Bonchev–Trinajstić information content (AvgIpc) is 3.07. The molecule has 1 fully saturated rings. The van der Waals surface area contributed by atoms with Crippen LogP contribution in [0.15, 0.2) is 11.6 Å². The summed E-state index contributed by atoms with van der Waals surface area (Å²) in [6.45, 7) is 2.44. The van der Waals surface area contributed by atoms with Crippen LogP contribution < -0.4 is 5.32 Å². The second-order valence-electron chi connectivity index (χ2n) is 5.34. The summed E-state index contributed by atoms with van der Waals surface area (Å²) in [5.74, 6) is 1.85. The van der Waals surface area contributed by atoms with E-state index in [4.69, 9.17) is 0 Å². The molecule has 0 aromatic rings. The Hall–Kier alpha value is -0.300. The lowest BCUT2D eigenvalue weighted by molar-refractivity contribution is 0.390. The van der Waals surface area contributed by atoms with E-state index in [-0.39, 0.29) is 0 Å². The molecule has 0 amide bonds. The molecule has 0 aromatic carbocycles. The molecule has 1 N–H and O–H groups in total. The van der Waals surface area contributed by atoms with Crippen molar-refractivity contribution in [2.75, 3.05) is 7.05 Å². The van der Waals surface area contributed by atoms with Crippen LogP contribution in [0.25, 0.3) is 0 Å². The fraction of sp³-hybridized carbons (Fsp3) is 0.857. The highest BCUT2D eigenvalue weighted by molar-refractivity contribution is 5.14. The zero-order valence-electron chi connectivity index (χ0n) is 10.3. The van der Waals surface area contributed by atoms with E-state index in [1.54, 1.807) is 5.57 Å². The molecule has 2 rings (SSSR count). The summed E-state index contributed by atoms with van der Waals surface area (Å²) in [7, 11) is 2.13. The molecule has 2 aliphatic carbocycles. The van der Waals surface area contributed by atoms with Crippen LogP contribution in [0, 0.1) is 11.8 Å². The van der Waals surface area contributed by atoms with Crippen molar-refractivity contribution in [2.24, 2.45) is 11.8 Å². The lowest BCUT2D eigenvalue weighted by Gasteiger charge is -2.26. The largest absolute Gasteiger partial charge is 0.313 e. The minimum Gasteiger partial charge on any atom is -0.313 e. The molecule has 0 aliphatic heterocycles. The molecule has 0 radical (unpaired) electrons. The number of hydrogen-bond donors (Lipinski definition) is 1. The van der Waals surface area contributed by atoms with Crippen LogP contribution in [-0.2, 0) is 0 Å². The topological polar surface area (TPSA) is 12.0 Å². The quantitative estimate of drug-likeness (QED) is 0.696. The Morgan fingerprint density at radius 1 is 1.27 bits per heavy atom. The minimum absolute atomic E-state index is 0.663. The fourth-order valence-electron chi connectivity index (χ4n) is 3.00. The lowest BCUT2D eigenvalue weighted by Crippen LogP contribution is -2.35. The van der Waals surface area contributed by atoms with Gasteiger partial charge in [-0.3, -0.25) is 0 Å². The predicted molar refractivity (Wildman–Crippen MR) is 65.9 cm³/mol. The van der Waals surface area contributed by atoms with Gasteiger partial charge >= 0.3 is 0 Å². The van der Waals surface area contributed by atoms with E-state index in [1.165, 1.54) is 44.9 Å². The van der Waals surface area contributed by atoms with Gasteiger partial charge in [-0.15, -0.1) is 0 Å². The van der Waals surface area contributed by atoms with Gasteiger partial charge in [0, 0.05) is 6.04 Å². The highest BCUT2D eigenvalue weighted by atomic mass is 14.9. The standard InChI is InChI=1S/C14H25N/c1-11(12-9-10-12)14(15-2)13-7-5-3-4-6-8-13/h7,11-12,14-15H,3-6,8-10H2,1-2H3. The van der Waals surface area contributed by atoms with Crippen molar-refractivity contribution in [1.82, 2.24) is 5.32 Å². The van der Waals surface area contributed by atoms with E-state index in [9.17, 15) is 0 Å². The van der Waals surface area contributed by atoms with E-state index in [2.05, 4.69) is 25.4 Å². The lowest BCUT2D eigenvalue weighted by atomic mass is 9.88. The van der Waals surface area contributed by atoms with Gasteiger partial charge in [0.15, 0.2) is 0 Å². The Balaban J connectivity index is 1.99. The smallest absolute Gasteiger partial charge is 0.0305 e. The average molecular weight is 207 g/mol. The van der Waals surface area contributed by atoms with Crippen molar-refractivity contribution in [3.05, 3.63) is 11.6 Å². The van der Waals surface area contributed by atoms with Gasteiger partial charge in [-0.05, 0) is 57.4 Å². The fourth-order valence-corrected chi connectivity index (χ4v) is 3.00. The Morgan fingerprint density at radius 2 is 2.07 bits per heavy atom. The number of hydrogen-bond acceptors (Lipinski definition) is 1. The molecule has 1 nitrogen and oxygen atoms in total. The van der Waals surface area contributed by atoms with Crippen molar-refractivity contribution in [2.45, 2.75) is 57.9 Å². The summed E-state index contributed by atoms with van der Waals surface area (Å²) in [6.07, 6.45) is 12.3. The Morgan fingerprint density at radius 3 is 2.73 bits per heavy atom. The normalized spacial score (nSPS) is 26.7. The third-order valence-electron chi connectivity index (χ3n) is 4.18. The van der Waals surface area contributed by atoms with Crippen LogP contribution in [0.2, 0.25) is 0 Å². The second kappa shape index (κ2) is 5.16. The Kier molecular flexibility index (Phi) is 3.85. The van der Waals surface area contributed by atoms with Gasteiger partial charge in [-0.25, -0.2) is 0 Å². The van der Waals surface area contributed by atoms with Crippen molar-refractivity contribution in [3.63, 3.8) is 0 Å². The van der Waals surface area contributed by atoms with E-state index in [0.717, 1.165) is 11.8 Å². The van der Waals surface area contributed by atoms with Gasteiger partial charge in [0.05, 0.1) is 0 Å². The molecule has 0 spiro atoms. The molecule has 1 heteroatoms. The summed E-state index contributed by atoms with van der Waals surface area (Å²) in [5, 5.41) is 3.55. The molecule has 0 saturated heterocycles. The van der Waals surface area contributed by atoms with Gasteiger partial charge in [0.2, 0.25) is 0 Å². The van der Waals surface area contributed by atoms with Crippen LogP contribution in [0.4, 0.5) is 0 Å². The first-order valence-electron chi connectivity index (χ1n) is 6.69. The van der Waals surface area contributed by atoms with E-state index >= 15 is 0 Å². The molecule has 0 bridgehead atoms. The van der Waals surface area contributed by atoms with E-state index in [1.807, 2.05) is 0 Å². The summed E-state index contributed by atoms with van der Waals surface area (Å²) in [4.78, 5) is 0. The maximum atomic E-state index is 3.55. The molecule has 1 saturated carbocycles. The van der Waals surface area contributed by atoms with Crippen molar-refractivity contribution < 1.29 is 0 Å². The van der Waals surface area contributed by atoms with Gasteiger partial charge in [0.25, 0.3) is 0 Å². The van der Waals surface area contributed by atoms with Crippen molar-refractivity contribution in [1.29, 1.82) is 0 Å². The Bertz CT molecular complexity index is 227. The third-order valence-corrected chi connectivity index (χ3v) is 4.18. The van der Waals surface area contributed by atoms with Gasteiger partial charge in [0.1, 0.15) is 0 Å². The first kappa shape index (κ1) is 11.2. The third kappa shape index (κ3) is 2.84. The summed E-state index contributed by atoms with van der Waals surface area (Å²) >= 11 is 0. The van der Waals surface area contributed by atoms with Crippen LogP contribution in [0.5, 0.6) is 0 Å². The second-order valence-corrected chi connectivity index (χ2v) is 5.34. The van der Waals surface area contributed by atoms with Crippen LogP contribution >= 0.6 is 0 Å². The van der Waals surface area contributed by atoms with E-state index < -0.39 is 0 Å². The van der Waals surface area contributed by atoms with Crippen molar-refractivity contribution >= 4 is 0 Å². The number of likely N-dealkylation sites (N-methyl/N-ethyl adjacent to an activating group) is 1. The summed E-state index contributed by atoms with van der Waals surface area (Å²) < 4.78 is 0. The molecular weight excluding hydrogens is 182 g/mol. The predicted octanol–water partition coefficient (Wildman–Crippen LogP) is 3.51. The van der Waals surface area contributed by atoms with Crippen LogP contribution in [-0.4, -0.2) is 13.1 Å². The SMILES string of the molecule is CNC(C1=CCCCCC1)C(C)C1CC1. The summed E-state index contributed by atoms with van der Waals surface area (Å²) in [6, 6.07) is 0.663. The number of allylic oxidation sites excluding steroid dienone is 1. The highest BCUT2D eigenvalue weighted by Crippen LogP contribution is 2.40. The van der Waals surface area contributed by atoms with Gasteiger partial charge in [-0.2, -0.15) is 0 Å². The molecule has 2 atom stereocenters. The maximum Gasteiger partial charge on any atom is 0.0305 e. The zero-order chi connectivity index (χ0) is 10.7. The minimum atomic E-state index is 0.663. The maximum absolute atomic E-state index is 3.55. The number of nitrogens with one attached hydrogen (secondary N) is 1. The molecule has 86 valence electrons. The molecule has 0 aromatic heterocycles. The molecule has 0 heterocycles. The molecule has 2 unspecified atom stereocenters. The van der Waals surface area contributed by atoms with Gasteiger partial charge < -0.3 is 5.32 Å². The van der Waals surface area contributed by atoms with Crippen molar-refractivity contribution in [3.8, 4) is 0 Å². The molecule has 15 heavy (non-hydrogen) atoms. The van der Waals surface area contributed by atoms with Crippen LogP contribution in [0.3, 0.4) is 0 Å². The van der Waals surface area contributed by atoms with Gasteiger partial charge in [-0.1, -0.05) is 25.0 Å². The highest BCUT2D eigenvalue weighted by Gasteiger charge is 2.33. The molecule has 2 aliphatic rings. The number of rotatable bonds is 4. The Labute approximate surface area is 94.3 Å². The molecular formula is C14H25N. The first-order valence-corrected chi connectivity index (χ1v) is 6.69. The zero-order valence-corrected chi connectivity index (χ0v) is 10.3. The van der Waals surface area contributed by atoms with E-state index in [0.29, 0.717) is 6.04 Å². The first-order chi connectivity index (χ1) is 7.33. The monoisotopic (exact) mass is 207 g/mol. The van der Waals surface area contributed by atoms with Crippen LogP contribution in [0.1, 0.15) is 51.9 Å². The summed E-state index contributed by atoms with van der Waals surface area (Å²) in [5.41, 5.74) is 1.70.